The van der Waals surface area contributed by atoms with E-state index in [-0.39, 0.29) is 29.7 Å². The number of nitrogens with zero attached hydrogens (tertiary/aromatic N) is 6. The standard InChI is InChI=1S/C51H86N12O6S2/c52-50-58-41-37-70-44(48(41)60-50)17-7-9-19-46(65)55-25-11-3-1-5-13-28-63(29-14-6-2-4-12-26-56-47(66)20-10-8-18-45-49-42(38-71-45)59-51(53)61-49)36-39-21-23-40(24-22-39)43(64)16-15-30-67-32-34-69-35-33-68-31-27-57-62-54/h21-24,41-42,44-45,48-49H,1-20,25-38H2,(H,55,65)(H,56,66)(H3,52,58,60)(H3,53,59,61). The topological polar surface area (TPSA) is 256 Å². The number of fused-ring (bicyclic) bond motifs is 2. The number of amides is 2. The smallest absolute Gasteiger partial charge is 0.219 e. The van der Waals surface area contributed by atoms with Crippen molar-refractivity contribution >= 4 is 53.0 Å². The first-order valence-electron chi connectivity index (χ1n) is 26.8. The monoisotopic (exact) mass is 1030 g/mol. The molecule has 20 heteroatoms. The van der Waals surface area contributed by atoms with Crippen LogP contribution in [-0.2, 0) is 30.3 Å². The van der Waals surface area contributed by atoms with Crippen LogP contribution in [0.5, 0.6) is 0 Å². The van der Waals surface area contributed by atoms with Gasteiger partial charge >= 0.3 is 0 Å². The summed E-state index contributed by atoms with van der Waals surface area (Å²) in [6, 6.07) is 9.45. The van der Waals surface area contributed by atoms with Crippen LogP contribution in [0.4, 0.5) is 0 Å². The van der Waals surface area contributed by atoms with Crippen molar-refractivity contribution in [1.82, 2.24) is 26.2 Å². The molecule has 0 bridgehead atoms. The van der Waals surface area contributed by atoms with Gasteiger partial charge < -0.3 is 46.9 Å². The van der Waals surface area contributed by atoms with Gasteiger partial charge in [0.25, 0.3) is 0 Å². The maximum Gasteiger partial charge on any atom is 0.219 e. The Bertz CT molecular complexity index is 1730. The molecule has 398 valence electrons. The van der Waals surface area contributed by atoms with Crippen LogP contribution >= 0.6 is 23.5 Å². The summed E-state index contributed by atoms with van der Waals surface area (Å²) in [5.41, 5.74) is 22.0. The third-order valence-electron chi connectivity index (χ3n) is 13.6. The van der Waals surface area contributed by atoms with E-state index in [4.69, 9.17) is 31.2 Å². The molecule has 18 nitrogen and oxygen atoms in total. The predicted molar refractivity (Wildman–Crippen MR) is 288 cm³/mol. The van der Waals surface area contributed by atoms with E-state index in [1.165, 1.54) is 5.56 Å². The molecular formula is C51H86N12O6S2. The Labute approximate surface area is 431 Å². The minimum absolute atomic E-state index is 0.123. The van der Waals surface area contributed by atoms with E-state index in [1.54, 1.807) is 0 Å². The van der Waals surface area contributed by atoms with E-state index < -0.39 is 0 Å². The number of benzene rings is 1. The molecule has 0 aromatic heterocycles. The number of rotatable bonds is 42. The van der Waals surface area contributed by atoms with Gasteiger partial charge in [0.05, 0.1) is 57.2 Å². The lowest BCUT2D eigenvalue weighted by atomic mass is 10.0. The molecule has 6 atom stereocenters. The summed E-state index contributed by atoms with van der Waals surface area (Å²) in [6.45, 7) is 7.37. The number of carbonyl (C=O) groups excluding carboxylic acids is 3. The van der Waals surface area contributed by atoms with Gasteiger partial charge in [-0.25, -0.2) is 9.98 Å². The molecule has 2 amide bonds. The van der Waals surface area contributed by atoms with Crippen molar-refractivity contribution in [3.05, 3.63) is 45.8 Å². The van der Waals surface area contributed by atoms with Crippen molar-refractivity contribution < 1.29 is 28.6 Å². The number of aliphatic imine (C=N–C) groups is 2. The SMILES string of the molecule is [N-]=[N+]=NCCOCCOCCOCCCC(=O)c1ccc(CN(CCCCCCCNC(=O)CCCCC2SCC3NC(N)=NC32)CCCCCCCNC(=O)CCCCC2SCC3NC(N)=NC32)cc1. The fourth-order valence-corrected chi connectivity index (χ4v) is 12.7. The lowest BCUT2D eigenvalue weighted by Crippen LogP contribution is -2.38. The molecule has 0 spiro atoms. The predicted octanol–water partition coefficient (Wildman–Crippen LogP) is 6.61. The number of hydrogen-bond donors (Lipinski definition) is 6. The van der Waals surface area contributed by atoms with Gasteiger partial charge in [0.2, 0.25) is 11.8 Å². The number of ether oxygens (including phenoxy) is 3. The maximum atomic E-state index is 13.0. The molecule has 2 fully saturated rings. The highest BCUT2D eigenvalue weighted by atomic mass is 32.2. The van der Waals surface area contributed by atoms with Gasteiger partial charge in [-0.1, -0.05) is 80.7 Å². The highest BCUT2D eigenvalue weighted by Gasteiger charge is 2.41. The summed E-state index contributed by atoms with van der Waals surface area (Å²) in [5.74, 6) is 3.70. The van der Waals surface area contributed by atoms with Crippen molar-refractivity contribution in [1.29, 1.82) is 0 Å². The lowest BCUT2D eigenvalue weighted by Gasteiger charge is -2.23. The summed E-state index contributed by atoms with van der Waals surface area (Å²) in [4.78, 5) is 52.3. The number of nitrogens with one attached hydrogen (secondary N) is 4. The molecule has 1 aromatic carbocycles. The Morgan fingerprint density at radius 1 is 0.648 bits per heavy atom. The van der Waals surface area contributed by atoms with Crippen LogP contribution in [0.1, 0.15) is 144 Å². The quantitative estimate of drug-likeness (QED) is 0.0133. The minimum atomic E-state index is 0.123. The average Bonchev–Trinajstić information content (AvgIpc) is 4.14. The molecule has 0 saturated carbocycles. The first-order chi connectivity index (χ1) is 34.8. The Morgan fingerprint density at radius 3 is 1.68 bits per heavy atom. The van der Waals surface area contributed by atoms with E-state index in [0.29, 0.717) is 106 Å². The van der Waals surface area contributed by atoms with E-state index in [1.807, 2.05) is 35.7 Å². The van der Waals surface area contributed by atoms with E-state index >= 15 is 0 Å². The summed E-state index contributed by atoms with van der Waals surface area (Å²) in [5, 5.41) is 17.2. The molecule has 8 N–H and O–H groups in total. The molecule has 0 aliphatic carbocycles. The molecule has 1 aromatic rings. The van der Waals surface area contributed by atoms with Gasteiger partial charge in [-0.15, -0.1) is 0 Å². The number of thioether (sulfide) groups is 2. The zero-order chi connectivity index (χ0) is 50.1. The molecule has 5 rings (SSSR count). The second-order valence-corrected chi connectivity index (χ2v) is 21.8. The highest BCUT2D eigenvalue weighted by Crippen LogP contribution is 2.36. The molecule has 71 heavy (non-hydrogen) atoms. The third-order valence-corrected chi connectivity index (χ3v) is 16.5. The number of azide groups is 1. The largest absolute Gasteiger partial charge is 0.379 e. The lowest BCUT2D eigenvalue weighted by molar-refractivity contribution is -0.122. The molecule has 0 radical (unpaired) electrons. The summed E-state index contributed by atoms with van der Waals surface area (Å²) in [7, 11) is 0. The van der Waals surface area contributed by atoms with Crippen LogP contribution in [0.3, 0.4) is 0 Å². The number of unbranched alkanes of at least 4 members (excludes halogenated alkanes) is 10. The number of Topliss-reactive ketones (excluding diaryl/α,β-unsaturated/α-hetero) is 1. The molecule has 6 unspecified atom stereocenters. The zero-order valence-corrected chi connectivity index (χ0v) is 44.1. The van der Waals surface area contributed by atoms with Crippen LogP contribution in [0.15, 0.2) is 39.4 Å². The minimum Gasteiger partial charge on any atom is -0.379 e. The Morgan fingerprint density at radius 2 is 1.14 bits per heavy atom. The number of guanidine groups is 2. The Kier molecular flexibility index (Phi) is 29.0. The zero-order valence-electron chi connectivity index (χ0n) is 42.4. The van der Waals surface area contributed by atoms with Gasteiger partial charge in [-0.2, -0.15) is 23.5 Å². The first-order valence-corrected chi connectivity index (χ1v) is 28.9. The summed E-state index contributed by atoms with van der Waals surface area (Å²) in [6.07, 6.45) is 19.4. The molecule has 4 aliphatic rings. The maximum absolute atomic E-state index is 13.0. The first kappa shape index (κ1) is 58.1. The number of hydrogen-bond acceptors (Lipinski definition) is 16. The number of nitrogens with two attached hydrogens (primary N) is 2. The van der Waals surface area contributed by atoms with Crippen LogP contribution < -0.4 is 32.7 Å². The Hall–Kier alpha value is -3.78. The molecular weight excluding hydrogens is 941 g/mol. The number of ketones is 1. The fraction of sp³-hybridized carbons (Fsp3) is 0.784. The second-order valence-electron chi connectivity index (χ2n) is 19.3. The van der Waals surface area contributed by atoms with Crippen LogP contribution in [0.25, 0.3) is 10.4 Å². The van der Waals surface area contributed by atoms with Gasteiger partial charge in [0.1, 0.15) is 0 Å². The van der Waals surface area contributed by atoms with E-state index in [2.05, 4.69) is 58.3 Å². The van der Waals surface area contributed by atoms with Crippen LogP contribution in [-0.4, -0.2) is 153 Å². The van der Waals surface area contributed by atoms with Gasteiger partial charge in [0.15, 0.2) is 17.7 Å². The molecule has 2 saturated heterocycles. The highest BCUT2D eigenvalue weighted by molar-refractivity contribution is 8.00. The van der Waals surface area contributed by atoms with Crippen molar-refractivity contribution in [2.45, 2.75) is 170 Å². The number of carbonyl (C=O) groups is 3. The van der Waals surface area contributed by atoms with Crippen molar-refractivity contribution in [2.75, 3.05) is 83.9 Å². The van der Waals surface area contributed by atoms with Gasteiger partial charge in [-0.3, -0.25) is 19.3 Å². The van der Waals surface area contributed by atoms with Crippen LogP contribution in [0.2, 0.25) is 0 Å². The average molecular weight is 1030 g/mol. The van der Waals surface area contributed by atoms with Crippen molar-refractivity contribution in [3.8, 4) is 0 Å². The molecule has 4 heterocycles. The van der Waals surface area contributed by atoms with Gasteiger partial charge in [0, 0.05) is 84.5 Å². The molecule has 4 aliphatic heterocycles. The van der Waals surface area contributed by atoms with Gasteiger partial charge in [-0.05, 0) is 82.0 Å². The van der Waals surface area contributed by atoms with Crippen LogP contribution in [0, 0.1) is 0 Å². The summed E-state index contributed by atoms with van der Waals surface area (Å²) < 4.78 is 16.4. The van der Waals surface area contributed by atoms with E-state index in [0.717, 1.165) is 153 Å². The van der Waals surface area contributed by atoms with Crippen molar-refractivity contribution in [3.63, 3.8) is 0 Å². The van der Waals surface area contributed by atoms with Crippen molar-refractivity contribution in [2.24, 2.45) is 26.6 Å². The Balaban J connectivity index is 0.906. The van der Waals surface area contributed by atoms with E-state index in [9.17, 15) is 14.4 Å². The second kappa shape index (κ2) is 35.4. The third kappa shape index (κ3) is 23.8. The summed E-state index contributed by atoms with van der Waals surface area (Å²) >= 11 is 3.95. The fourth-order valence-electron chi connectivity index (χ4n) is 9.62. The normalized spacial score (nSPS) is 21.0.